The van der Waals surface area contributed by atoms with Gasteiger partial charge in [-0.15, -0.1) is 0 Å². The molecule has 9 nitrogen and oxygen atoms in total. The fraction of sp³-hybridized carbons (Fsp3) is 0.200. The number of carbonyl (C=O) groups excluding carboxylic acids is 1. The van der Waals surface area contributed by atoms with Gasteiger partial charge in [-0.1, -0.05) is 36.4 Å². The molecule has 1 amide bonds. The molecule has 9 heteroatoms. The Morgan fingerprint density at radius 3 is 2.85 bits per heavy atom. The summed E-state index contributed by atoms with van der Waals surface area (Å²) in [5, 5.41) is 11.5. The number of fused-ring (bicyclic) bond motifs is 2. The van der Waals surface area contributed by atoms with Gasteiger partial charge in [0, 0.05) is 19.2 Å². The minimum absolute atomic E-state index is 0.188. The Hall–Kier alpha value is -4.40. The zero-order chi connectivity index (χ0) is 23.2. The lowest BCUT2D eigenvalue weighted by Crippen LogP contribution is -2.25. The normalized spacial score (nSPS) is 12.4. The van der Waals surface area contributed by atoms with Gasteiger partial charge in [0.1, 0.15) is 12.1 Å². The Labute approximate surface area is 196 Å². The van der Waals surface area contributed by atoms with E-state index >= 15 is 0 Å². The molecule has 0 radical (unpaired) electrons. The fourth-order valence-electron chi connectivity index (χ4n) is 3.70. The lowest BCUT2D eigenvalue weighted by atomic mass is 10.1. The Morgan fingerprint density at radius 1 is 1.06 bits per heavy atom. The third-order valence-corrected chi connectivity index (χ3v) is 5.43. The van der Waals surface area contributed by atoms with Crippen LogP contribution in [0.25, 0.3) is 17.1 Å². The molecular formula is C25H24N6O3. The van der Waals surface area contributed by atoms with E-state index < -0.39 is 0 Å². The average Bonchev–Trinajstić information content (AvgIpc) is 3.51. The maximum Gasteiger partial charge on any atom is 0.244 e. The number of amides is 1. The highest BCUT2D eigenvalue weighted by atomic mass is 16.7. The number of carbonyl (C=O) groups is 1. The minimum Gasteiger partial charge on any atom is -0.454 e. The minimum atomic E-state index is -0.188. The molecule has 172 valence electrons. The molecule has 2 aromatic heterocycles. The maximum atomic E-state index is 12.2. The predicted octanol–water partition coefficient (Wildman–Crippen LogP) is 3.04. The van der Waals surface area contributed by atoms with Crippen LogP contribution in [0.1, 0.15) is 11.1 Å². The summed E-state index contributed by atoms with van der Waals surface area (Å²) in [4.78, 5) is 20.9. The van der Waals surface area contributed by atoms with Gasteiger partial charge in [-0.25, -0.2) is 14.6 Å². The summed E-state index contributed by atoms with van der Waals surface area (Å²) in [6.45, 7) is 1.89. The van der Waals surface area contributed by atoms with Crippen molar-refractivity contribution in [2.45, 2.75) is 13.0 Å². The van der Waals surface area contributed by atoms with E-state index in [-0.39, 0.29) is 12.7 Å². The number of rotatable bonds is 9. The first kappa shape index (κ1) is 21.4. The second-order valence-electron chi connectivity index (χ2n) is 7.73. The van der Waals surface area contributed by atoms with Gasteiger partial charge in [-0.05, 0) is 35.8 Å². The summed E-state index contributed by atoms with van der Waals surface area (Å²) in [5.41, 5.74) is 2.85. The molecule has 0 bridgehead atoms. The topological polar surface area (TPSA) is 103 Å². The maximum absolute atomic E-state index is 12.2. The molecule has 0 fully saturated rings. The molecule has 1 aliphatic heterocycles. The van der Waals surface area contributed by atoms with Gasteiger partial charge < -0.3 is 20.1 Å². The zero-order valence-corrected chi connectivity index (χ0v) is 18.5. The molecular weight excluding hydrogens is 432 g/mol. The first-order valence-electron chi connectivity index (χ1n) is 11.1. The molecule has 0 saturated heterocycles. The molecule has 4 aromatic rings. The van der Waals surface area contributed by atoms with E-state index in [9.17, 15) is 4.79 Å². The summed E-state index contributed by atoms with van der Waals surface area (Å²) in [5.74, 6) is 1.96. The molecule has 1 aliphatic rings. The molecule has 0 aliphatic carbocycles. The summed E-state index contributed by atoms with van der Waals surface area (Å²) < 4.78 is 12.4. The first-order chi connectivity index (χ1) is 16.8. The standard InChI is InChI=1S/C25H24N6O3/c32-23(9-7-19-6-8-21-22(14-19)34-17-33-21)26-12-13-31-25-20(15-30-31)24(28-16-29-25)27-11-10-18-4-2-1-3-5-18/h1-9,14-16H,10-13,17H2,(H,26,32)(H,27,28,29)/b9-7+. The highest BCUT2D eigenvalue weighted by Gasteiger charge is 2.12. The van der Waals surface area contributed by atoms with E-state index in [2.05, 4.69) is 37.8 Å². The smallest absolute Gasteiger partial charge is 0.244 e. The van der Waals surface area contributed by atoms with Crippen molar-refractivity contribution >= 4 is 28.8 Å². The zero-order valence-electron chi connectivity index (χ0n) is 18.5. The second kappa shape index (κ2) is 10.0. The molecule has 0 spiro atoms. The third-order valence-electron chi connectivity index (χ3n) is 5.43. The van der Waals surface area contributed by atoms with Crippen molar-refractivity contribution in [1.29, 1.82) is 0 Å². The van der Waals surface area contributed by atoms with Crippen molar-refractivity contribution < 1.29 is 14.3 Å². The van der Waals surface area contributed by atoms with Crippen LogP contribution in [0, 0.1) is 0 Å². The number of benzene rings is 2. The van der Waals surface area contributed by atoms with Crippen molar-refractivity contribution in [1.82, 2.24) is 25.1 Å². The molecule has 3 heterocycles. The van der Waals surface area contributed by atoms with Crippen LogP contribution in [0.15, 0.2) is 67.1 Å². The number of hydrogen-bond acceptors (Lipinski definition) is 7. The largest absolute Gasteiger partial charge is 0.454 e. The average molecular weight is 457 g/mol. The van der Waals surface area contributed by atoms with Crippen LogP contribution in [0.2, 0.25) is 0 Å². The van der Waals surface area contributed by atoms with Gasteiger partial charge in [0.05, 0.1) is 18.1 Å². The van der Waals surface area contributed by atoms with Gasteiger partial charge in [0.15, 0.2) is 17.1 Å². The number of nitrogens with one attached hydrogen (secondary N) is 2. The van der Waals surface area contributed by atoms with Crippen LogP contribution in [0.5, 0.6) is 11.5 Å². The SMILES string of the molecule is O=C(/C=C/c1ccc2c(c1)OCO2)NCCn1ncc2c(NCCc3ccccc3)ncnc21. The third kappa shape index (κ3) is 4.98. The number of aromatic nitrogens is 4. The van der Waals surface area contributed by atoms with E-state index in [1.54, 1.807) is 17.0 Å². The van der Waals surface area contributed by atoms with Crippen molar-refractivity contribution in [3.05, 3.63) is 78.3 Å². The number of anilines is 1. The second-order valence-corrected chi connectivity index (χ2v) is 7.73. The van der Waals surface area contributed by atoms with E-state index in [1.807, 2.05) is 36.4 Å². The van der Waals surface area contributed by atoms with Crippen molar-refractivity contribution in [3.63, 3.8) is 0 Å². The number of hydrogen-bond donors (Lipinski definition) is 2. The Morgan fingerprint density at radius 2 is 1.94 bits per heavy atom. The monoisotopic (exact) mass is 456 g/mol. The van der Waals surface area contributed by atoms with Gasteiger partial charge in [0.2, 0.25) is 12.7 Å². The first-order valence-corrected chi connectivity index (χ1v) is 11.1. The predicted molar refractivity (Wildman–Crippen MR) is 129 cm³/mol. The Balaban J connectivity index is 1.14. The highest BCUT2D eigenvalue weighted by molar-refractivity contribution is 5.91. The van der Waals surface area contributed by atoms with Gasteiger partial charge in [0.25, 0.3) is 0 Å². The molecule has 0 atom stereocenters. The highest BCUT2D eigenvalue weighted by Crippen LogP contribution is 2.32. The van der Waals surface area contributed by atoms with Gasteiger partial charge in [-0.2, -0.15) is 5.10 Å². The molecule has 34 heavy (non-hydrogen) atoms. The summed E-state index contributed by atoms with van der Waals surface area (Å²) in [6.07, 6.45) is 7.41. The van der Waals surface area contributed by atoms with E-state index in [1.165, 1.54) is 18.0 Å². The summed E-state index contributed by atoms with van der Waals surface area (Å²) in [7, 11) is 0. The summed E-state index contributed by atoms with van der Waals surface area (Å²) >= 11 is 0. The Bertz CT molecular complexity index is 1320. The van der Waals surface area contributed by atoms with Crippen molar-refractivity contribution in [2.75, 3.05) is 25.2 Å². The molecule has 5 rings (SSSR count). The lowest BCUT2D eigenvalue weighted by molar-refractivity contribution is -0.116. The quantitative estimate of drug-likeness (QED) is 0.373. The molecule has 0 unspecified atom stereocenters. The summed E-state index contributed by atoms with van der Waals surface area (Å²) in [6, 6.07) is 15.8. The van der Waals surface area contributed by atoms with Crippen LogP contribution in [-0.2, 0) is 17.8 Å². The van der Waals surface area contributed by atoms with E-state index in [4.69, 9.17) is 9.47 Å². The van der Waals surface area contributed by atoms with Crippen LogP contribution >= 0.6 is 0 Å². The van der Waals surface area contributed by atoms with Crippen LogP contribution in [0.4, 0.5) is 5.82 Å². The van der Waals surface area contributed by atoms with E-state index in [0.29, 0.717) is 24.6 Å². The van der Waals surface area contributed by atoms with Crippen LogP contribution in [0.3, 0.4) is 0 Å². The van der Waals surface area contributed by atoms with Gasteiger partial charge >= 0.3 is 0 Å². The van der Waals surface area contributed by atoms with Crippen LogP contribution < -0.4 is 20.1 Å². The molecule has 2 aromatic carbocycles. The van der Waals surface area contributed by atoms with Gasteiger partial charge in [-0.3, -0.25) is 4.79 Å². The number of ether oxygens (including phenoxy) is 2. The number of nitrogens with zero attached hydrogens (tertiary/aromatic N) is 4. The molecule has 0 saturated carbocycles. The van der Waals surface area contributed by atoms with Crippen molar-refractivity contribution in [2.24, 2.45) is 0 Å². The fourth-order valence-corrected chi connectivity index (χ4v) is 3.70. The lowest BCUT2D eigenvalue weighted by Gasteiger charge is -2.07. The molecule has 2 N–H and O–H groups in total. The Kier molecular flexibility index (Phi) is 6.33. The van der Waals surface area contributed by atoms with Crippen molar-refractivity contribution in [3.8, 4) is 11.5 Å². The van der Waals surface area contributed by atoms with Crippen LogP contribution in [-0.4, -0.2) is 45.5 Å². The van der Waals surface area contributed by atoms with E-state index in [0.717, 1.165) is 35.4 Å².